The molecule has 0 bridgehead atoms. The van der Waals surface area contributed by atoms with Gasteiger partial charge in [-0.2, -0.15) is 0 Å². The summed E-state index contributed by atoms with van der Waals surface area (Å²) in [6.07, 6.45) is -0.315. The van der Waals surface area contributed by atoms with E-state index in [0.29, 0.717) is 0 Å². The molecule has 0 saturated heterocycles. The van der Waals surface area contributed by atoms with E-state index in [1.54, 1.807) is 0 Å². The first-order chi connectivity index (χ1) is 7.84. The van der Waals surface area contributed by atoms with Crippen molar-refractivity contribution in [2.24, 2.45) is 0 Å². The minimum absolute atomic E-state index is 0.315. The molecule has 0 aliphatic rings. The summed E-state index contributed by atoms with van der Waals surface area (Å²) in [5.41, 5.74) is 0. The van der Waals surface area contributed by atoms with E-state index in [2.05, 4.69) is 6.07 Å². The van der Waals surface area contributed by atoms with Crippen LogP contribution in [0.1, 0.15) is 6.92 Å². The van der Waals surface area contributed by atoms with Crippen LogP contribution < -0.4 is 9.47 Å². The van der Waals surface area contributed by atoms with Crippen LogP contribution in [0.15, 0.2) is 54.6 Å². The summed E-state index contributed by atoms with van der Waals surface area (Å²) >= 11 is 0. The van der Waals surface area contributed by atoms with E-state index in [0.717, 1.165) is 11.5 Å². The van der Waals surface area contributed by atoms with Crippen LogP contribution >= 0.6 is 0 Å². The van der Waals surface area contributed by atoms with Gasteiger partial charge in [0.1, 0.15) is 11.5 Å². The molecule has 0 heterocycles. The Hall–Kier alpha value is -1.96. The van der Waals surface area contributed by atoms with Gasteiger partial charge < -0.3 is 9.47 Å². The summed E-state index contributed by atoms with van der Waals surface area (Å²) in [6, 6.07) is 19.9. The van der Waals surface area contributed by atoms with Gasteiger partial charge in [-0.15, -0.1) is 0 Å². The van der Waals surface area contributed by atoms with E-state index in [1.807, 2.05) is 61.5 Å². The number of ether oxygens (including phenoxy) is 2. The Morgan fingerprint density at radius 3 is 2.06 bits per heavy atom. The van der Waals surface area contributed by atoms with Crippen molar-refractivity contribution in [3.8, 4) is 11.5 Å². The number of rotatable bonds is 4. The average Bonchev–Trinajstić information content (AvgIpc) is 2.31. The van der Waals surface area contributed by atoms with Crippen molar-refractivity contribution in [2.45, 2.75) is 13.2 Å². The van der Waals surface area contributed by atoms with E-state index in [-0.39, 0.29) is 6.29 Å². The van der Waals surface area contributed by atoms with Crippen molar-refractivity contribution < 1.29 is 9.47 Å². The van der Waals surface area contributed by atoms with Crippen LogP contribution in [-0.4, -0.2) is 6.29 Å². The van der Waals surface area contributed by atoms with E-state index in [9.17, 15) is 0 Å². The number of hydrogen-bond acceptors (Lipinski definition) is 2. The molecule has 2 aromatic carbocycles. The molecule has 2 rings (SSSR count). The van der Waals surface area contributed by atoms with E-state index in [4.69, 9.17) is 9.47 Å². The van der Waals surface area contributed by atoms with Gasteiger partial charge in [0.15, 0.2) is 0 Å². The predicted molar refractivity (Wildman–Crippen MR) is 62.4 cm³/mol. The maximum absolute atomic E-state index is 5.59. The molecule has 0 N–H and O–H groups in total. The largest absolute Gasteiger partial charge is 0.455 e. The first-order valence-corrected chi connectivity index (χ1v) is 5.19. The van der Waals surface area contributed by atoms with Crippen molar-refractivity contribution in [1.82, 2.24) is 0 Å². The van der Waals surface area contributed by atoms with Gasteiger partial charge in [0, 0.05) is 6.92 Å². The molecule has 1 unspecified atom stereocenters. The van der Waals surface area contributed by atoms with Crippen molar-refractivity contribution in [3.05, 3.63) is 60.7 Å². The lowest BCUT2D eigenvalue weighted by atomic mass is 10.3. The first kappa shape index (κ1) is 10.6. The topological polar surface area (TPSA) is 18.5 Å². The fourth-order valence-corrected chi connectivity index (χ4v) is 1.36. The summed E-state index contributed by atoms with van der Waals surface area (Å²) < 4.78 is 11.2. The molecule has 0 aliphatic heterocycles. The molecule has 0 aliphatic carbocycles. The van der Waals surface area contributed by atoms with Gasteiger partial charge in [0.2, 0.25) is 6.29 Å². The fourth-order valence-electron chi connectivity index (χ4n) is 1.36. The number of para-hydroxylation sites is 1. The Labute approximate surface area is 95.4 Å². The molecule has 2 aromatic rings. The van der Waals surface area contributed by atoms with E-state index >= 15 is 0 Å². The van der Waals surface area contributed by atoms with Crippen LogP contribution in [-0.2, 0) is 0 Å². The molecule has 2 nitrogen and oxygen atoms in total. The van der Waals surface area contributed by atoms with Gasteiger partial charge in [0.25, 0.3) is 0 Å². The maximum atomic E-state index is 5.59. The summed E-state index contributed by atoms with van der Waals surface area (Å²) in [5, 5.41) is 0. The molecule has 16 heavy (non-hydrogen) atoms. The molecular formula is C14H13O2. The molecule has 1 radical (unpaired) electrons. The van der Waals surface area contributed by atoms with Crippen molar-refractivity contribution in [1.29, 1.82) is 0 Å². The first-order valence-electron chi connectivity index (χ1n) is 5.19. The molecule has 0 spiro atoms. The molecule has 81 valence electrons. The van der Waals surface area contributed by atoms with E-state index < -0.39 is 0 Å². The third kappa shape index (κ3) is 3.02. The highest BCUT2D eigenvalue weighted by molar-refractivity contribution is 5.22. The SMILES string of the molecule is CC(Oc1cc[c]cc1)Oc1ccccc1. The Morgan fingerprint density at radius 1 is 0.875 bits per heavy atom. The third-order valence-corrected chi connectivity index (χ3v) is 2.03. The molecule has 1 atom stereocenters. The lowest BCUT2D eigenvalue weighted by Crippen LogP contribution is -2.19. The van der Waals surface area contributed by atoms with Gasteiger partial charge in [-0.05, 0) is 30.3 Å². The minimum Gasteiger partial charge on any atom is -0.455 e. The predicted octanol–water partition coefficient (Wildman–Crippen LogP) is 3.29. The Morgan fingerprint density at radius 2 is 1.44 bits per heavy atom. The standard InChI is InChI=1S/C14H13O2/c1-12(15-13-8-4-2-5-9-13)16-14-10-6-3-7-11-14/h2,4-12H,1H3. The van der Waals surface area contributed by atoms with Crippen LogP contribution in [0.4, 0.5) is 0 Å². The monoisotopic (exact) mass is 213 g/mol. The molecule has 0 amide bonds. The van der Waals surface area contributed by atoms with Crippen molar-refractivity contribution >= 4 is 0 Å². The second-order valence-electron chi connectivity index (χ2n) is 3.35. The molecule has 0 aromatic heterocycles. The highest BCUT2D eigenvalue weighted by atomic mass is 16.7. The van der Waals surface area contributed by atoms with Gasteiger partial charge in [0.05, 0.1) is 0 Å². The van der Waals surface area contributed by atoms with Gasteiger partial charge in [-0.3, -0.25) is 0 Å². The Kier molecular flexibility index (Phi) is 3.44. The normalized spacial score (nSPS) is 10.1. The van der Waals surface area contributed by atoms with Crippen LogP contribution in [0.3, 0.4) is 0 Å². The van der Waals surface area contributed by atoms with Crippen molar-refractivity contribution in [2.75, 3.05) is 0 Å². The molecule has 2 heteroatoms. The second kappa shape index (κ2) is 5.21. The van der Waals surface area contributed by atoms with Crippen LogP contribution in [0.2, 0.25) is 0 Å². The van der Waals surface area contributed by atoms with Crippen molar-refractivity contribution in [3.63, 3.8) is 0 Å². The quantitative estimate of drug-likeness (QED) is 0.725. The van der Waals surface area contributed by atoms with E-state index in [1.165, 1.54) is 0 Å². The molecule has 0 saturated carbocycles. The zero-order valence-electron chi connectivity index (χ0n) is 9.09. The Balaban J connectivity index is 1.92. The highest BCUT2D eigenvalue weighted by Crippen LogP contribution is 2.14. The summed E-state index contributed by atoms with van der Waals surface area (Å²) in [4.78, 5) is 0. The second-order valence-corrected chi connectivity index (χ2v) is 3.35. The highest BCUT2D eigenvalue weighted by Gasteiger charge is 2.04. The van der Waals surface area contributed by atoms with Crippen LogP contribution in [0, 0.1) is 6.07 Å². The van der Waals surface area contributed by atoms with Gasteiger partial charge in [-0.25, -0.2) is 0 Å². The molecule has 0 fully saturated rings. The lowest BCUT2D eigenvalue weighted by Gasteiger charge is -2.16. The maximum Gasteiger partial charge on any atom is 0.238 e. The zero-order valence-corrected chi connectivity index (χ0v) is 9.09. The summed E-state index contributed by atoms with van der Waals surface area (Å²) in [5.74, 6) is 1.58. The summed E-state index contributed by atoms with van der Waals surface area (Å²) in [7, 11) is 0. The molecular weight excluding hydrogens is 200 g/mol. The number of hydrogen-bond donors (Lipinski definition) is 0. The van der Waals surface area contributed by atoms with Gasteiger partial charge >= 0.3 is 0 Å². The Bertz CT molecular complexity index is 370. The minimum atomic E-state index is -0.315. The summed E-state index contributed by atoms with van der Waals surface area (Å²) in [6.45, 7) is 1.86. The number of benzene rings is 2. The zero-order chi connectivity index (χ0) is 11.2. The third-order valence-electron chi connectivity index (χ3n) is 2.03. The van der Waals surface area contributed by atoms with Crippen LogP contribution in [0.25, 0.3) is 0 Å². The van der Waals surface area contributed by atoms with Crippen LogP contribution in [0.5, 0.6) is 11.5 Å². The fraction of sp³-hybridized carbons (Fsp3) is 0.143. The smallest absolute Gasteiger partial charge is 0.238 e. The average molecular weight is 213 g/mol. The van der Waals surface area contributed by atoms with Gasteiger partial charge in [-0.1, -0.05) is 30.3 Å². The lowest BCUT2D eigenvalue weighted by molar-refractivity contribution is 0.0223.